The number of oxazole rings is 1. The normalized spacial score (nSPS) is 11.8. The van der Waals surface area contributed by atoms with Crippen molar-refractivity contribution in [3.63, 3.8) is 0 Å². The molecule has 2 aromatic heterocycles. The van der Waals surface area contributed by atoms with Gasteiger partial charge >= 0.3 is 5.76 Å². The Kier molecular flexibility index (Phi) is 4.50. The van der Waals surface area contributed by atoms with Gasteiger partial charge in [0, 0.05) is 0 Å². The molecule has 0 N–H and O–H groups in total. The predicted octanol–water partition coefficient (Wildman–Crippen LogP) is 3.90. The third-order valence-electron chi connectivity index (χ3n) is 4.46. The Morgan fingerprint density at radius 3 is 2.43 bits per heavy atom. The Labute approximate surface area is 161 Å². The van der Waals surface area contributed by atoms with Crippen molar-refractivity contribution < 1.29 is 13.6 Å². The summed E-state index contributed by atoms with van der Waals surface area (Å²) in [6.07, 6.45) is 0. The van der Waals surface area contributed by atoms with Gasteiger partial charge in [-0.1, -0.05) is 45.0 Å². The summed E-state index contributed by atoms with van der Waals surface area (Å²) in [7, 11) is 0. The highest BCUT2D eigenvalue weighted by molar-refractivity contribution is 5.72. The topological polar surface area (TPSA) is 83.3 Å². The molecular weight excluding hydrogens is 358 g/mol. The maximum Gasteiger partial charge on any atom is 0.420 e. The molecule has 0 aliphatic carbocycles. The highest BCUT2D eigenvalue weighted by Gasteiger charge is 2.15. The van der Waals surface area contributed by atoms with E-state index in [1.165, 1.54) is 10.1 Å². The number of hydrogen-bond acceptors (Lipinski definition) is 6. The van der Waals surface area contributed by atoms with Crippen LogP contribution in [0.25, 0.3) is 11.1 Å². The fourth-order valence-corrected chi connectivity index (χ4v) is 2.91. The number of para-hydroxylation sites is 2. The molecule has 0 unspecified atom stereocenters. The Morgan fingerprint density at radius 2 is 1.68 bits per heavy atom. The van der Waals surface area contributed by atoms with Gasteiger partial charge in [0.1, 0.15) is 12.3 Å². The summed E-state index contributed by atoms with van der Waals surface area (Å²) in [6.45, 7) is 6.79. The van der Waals surface area contributed by atoms with Crippen LogP contribution in [0.1, 0.15) is 38.1 Å². The van der Waals surface area contributed by atoms with E-state index >= 15 is 0 Å². The minimum atomic E-state index is -0.462. The molecule has 4 rings (SSSR count). The fourth-order valence-electron chi connectivity index (χ4n) is 2.91. The van der Waals surface area contributed by atoms with E-state index in [2.05, 4.69) is 31.0 Å². The van der Waals surface area contributed by atoms with Gasteiger partial charge in [0.2, 0.25) is 5.89 Å². The third-order valence-corrected chi connectivity index (χ3v) is 4.46. The second-order valence-electron chi connectivity index (χ2n) is 7.57. The van der Waals surface area contributed by atoms with Gasteiger partial charge in [0.15, 0.2) is 12.2 Å². The molecule has 0 atom stereocenters. The largest absolute Gasteiger partial charge is 0.484 e. The zero-order valence-electron chi connectivity index (χ0n) is 16.0. The molecule has 0 aliphatic rings. The fraction of sp³-hybridized carbons (Fsp3) is 0.286. The van der Waals surface area contributed by atoms with E-state index in [-0.39, 0.29) is 18.6 Å². The summed E-state index contributed by atoms with van der Waals surface area (Å²) < 4.78 is 18.0. The molecule has 2 aromatic carbocycles. The zero-order chi connectivity index (χ0) is 19.7. The van der Waals surface area contributed by atoms with Crippen LogP contribution in [0.15, 0.2) is 62.2 Å². The van der Waals surface area contributed by atoms with Crippen molar-refractivity contribution in [1.29, 1.82) is 0 Å². The van der Waals surface area contributed by atoms with Crippen molar-refractivity contribution in [3.8, 4) is 5.75 Å². The first-order valence-electron chi connectivity index (χ1n) is 9.03. The molecule has 28 heavy (non-hydrogen) atoms. The minimum absolute atomic E-state index is 0.0925. The standard InChI is InChI=1S/C21H21N3O4/c1-21(2,3)14-8-10-15(11-9-14)26-13-19-23-22-18(28-19)12-24-16-6-4-5-7-17(16)27-20(24)25/h4-11H,12-13H2,1-3H3. The number of nitrogens with zero attached hydrogens (tertiary/aromatic N) is 3. The predicted molar refractivity (Wildman–Crippen MR) is 103 cm³/mol. The number of fused-ring (bicyclic) bond motifs is 1. The van der Waals surface area contributed by atoms with Crippen molar-refractivity contribution in [2.75, 3.05) is 0 Å². The molecule has 0 spiro atoms. The summed E-state index contributed by atoms with van der Waals surface area (Å²) in [5.41, 5.74) is 2.53. The van der Waals surface area contributed by atoms with Crippen LogP contribution in [0.4, 0.5) is 0 Å². The summed E-state index contributed by atoms with van der Waals surface area (Å²) in [6, 6.07) is 15.1. The second kappa shape index (κ2) is 6.99. The smallest absolute Gasteiger partial charge is 0.420 e. The van der Waals surface area contributed by atoms with Gasteiger partial charge in [-0.25, -0.2) is 4.79 Å². The van der Waals surface area contributed by atoms with Crippen molar-refractivity contribution in [2.24, 2.45) is 0 Å². The van der Waals surface area contributed by atoms with Crippen LogP contribution in [0, 0.1) is 0 Å². The molecule has 0 fully saturated rings. The van der Waals surface area contributed by atoms with Crippen LogP contribution in [0.5, 0.6) is 5.75 Å². The van der Waals surface area contributed by atoms with Crippen LogP contribution in [0.2, 0.25) is 0 Å². The lowest BCUT2D eigenvalue weighted by Gasteiger charge is -2.19. The molecule has 0 radical (unpaired) electrons. The molecular formula is C21H21N3O4. The van der Waals surface area contributed by atoms with Crippen LogP contribution in [-0.2, 0) is 18.6 Å². The van der Waals surface area contributed by atoms with Crippen molar-refractivity contribution in [2.45, 2.75) is 39.3 Å². The number of benzene rings is 2. The zero-order valence-corrected chi connectivity index (χ0v) is 16.0. The molecule has 7 heteroatoms. The second-order valence-corrected chi connectivity index (χ2v) is 7.57. The molecule has 0 bridgehead atoms. The number of aromatic nitrogens is 3. The lowest BCUT2D eigenvalue weighted by molar-refractivity contribution is 0.258. The maximum absolute atomic E-state index is 12.0. The van der Waals surface area contributed by atoms with Gasteiger partial charge < -0.3 is 13.6 Å². The maximum atomic E-state index is 12.0. The first kappa shape index (κ1) is 18.0. The van der Waals surface area contributed by atoms with Crippen molar-refractivity contribution in [1.82, 2.24) is 14.8 Å². The van der Waals surface area contributed by atoms with E-state index < -0.39 is 5.76 Å². The monoisotopic (exact) mass is 379 g/mol. The Morgan fingerprint density at radius 1 is 0.964 bits per heavy atom. The van der Waals surface area contributed by atoms with Gasteiger partial charge in [0.05, 0.1) is 5.52 Å². The van der Waals surface area contributed by atoms with E-state index in [0.29, 0.717) is 22.9 Å². The highest BCUT2D eigenvalue weighted by atomic mass is 16.5. The molecule has 4 aromatic rings. The molecule has 0 amide bonds. The summed E-state index contributed by atoms with van der Waals surface area (Å²) in [4.78, 5) is 12.0. The van der Waals surface area contributed by atoms with Crippen molar-refractivity contribution in [3.05, 3.63) is 76.4 Å². The van der Waals surface area contributed by atoms with Crippen LogP contribution >= 0.6 is 0 Å². The van der Waals surface area contributed by atoms with Crippen LogP contribution in [-0.4, -0.2) is 14.8 Å². The molecule has 0 saturated heterocycles. The van der Waals surface area contributed by atoms with Crippen molar-refractivity contribution >= 4 is 11.1 Å². The molecule has 0 aliphatic heterocycles. The van der Waals surface area contributed by atoms with E-state index in [1.54, 1.807) is 6.07 Å². The number of hydrogen-bond donors (Lipinski definition) is 0. The third kappa shape index (κ3) is 3.69. The molecule has 2 heterocycles. The Bertz CT molecular complexity index is 1150. The number of rotatable bonds is 5. The van der Waals surface area contributed by atoms with Gasteiger partial charge in [-0.05, 0) is 35.2 Å². The van der Waals surface area contributed by atoms with Gasteiger partial charge in [-0.15, -0.1) is 10.2 Å². The van der Waals surface area contributed by atoms with Crippen LogP contribution < -0.4 is 10.5 Å². The lowest BCUT2D eigenvalue weighted by Crippen LogP contribution is -2.15. The average molecular weight is 379 g/mol. The number of ether oxygens (including phenoxy) is 1. The summed E-state index contributed by atoms with van der Waals surface area (Å²) in [5, 5.41) is 7.99. The summed E-state index contributed by atoms with van der Waals surface area (Å²) in [5.74, 6) is 0.923. The first-order valence-corrected chi connectivity index (χ1v) is 9.03. The Hall–Kier alpha value is -3.35. The first-order chi connectivity index (χ1) is 13.4. The highest BCUT2D eigenvalue weighted by Crippen LogP contribution is 2.24. The minimum Gasteiger partial charge on any atom is -0.484 e. The quantitative estimate of drug-likeness (QED) is 0.523. The van der Waals surface area contributed by atoms with Crippen LogP contribution in [0.3, 0.4) is 0 Å². The summed E-state index contributed by atoms with van der Waals surface area (Å²) >= 11 is 0. The van der Waals surface area contributed by atoms with Gasteiger partial charge in [-0.3, -0.25) is 4.57 Å². The Balaban J connectivity index is 1.43. The molecule has 7 nitrogen and oxygen atoms in total. The molecule has 144 valence electrons. The van der Waals surface area contributed by atoms with Gasteiger partial charge in [-0.2, -0.15) is 0 Å². The SMILES string of the molecule is CC(C)(C)c1ccc(OCc2nnc(Cn3c(=O)oc4ccccc43)o2)cc1. The lowest BCUT2D eigenvalue weighted by atomic mass is 9.87. The van der Waals surface area contributed by atoms with E-state index in [1.807, 2.05) is 42.5 Å². The average Bonchev–Trinajstić information content (AvgIpc) is 3.24. The van der Waals surface area contributed by atoms with Gasteiger partial charge in [0.25, 0.3) is 5.89 Å². The van der Waals surface area contributed by atoms with E-state index in [4.69, 9.17) is 13.6 Å². The van der Waals surface area contributed by atoms with E-state index in [0.717, 1.165) is 5.75 Å². The van der Waals surface area contributed by atoms with E-state index in [9.17, 15) is 4.79 Å². The molecule has 0 saturated carbocycles.